The molecule has 38 heavy (non-hydrogen) atoms. The van der Waals surface area contributed by atoms with Crippen molar-refractivity contribution in [1.29, 1.82) is 0 Å². The number of hydrogen-bond acceptors (Lipinski definition) is 1. The van der Waals surface area contributed by atoms with Crippen molar-refractivity contribution in [3.63, 3.8) is 0 Å². The Balaban J connectivity index is 7.29. The van der Waals surface area contributed by atoms with Crippen LogP contribution in [0.2, 0.25) is 0 Å². The minimum Gasteiger partial charge on any atom is -0.215 e. The van der Waals surface area contributed by atoms with Crippen LogP contribution in [0.25, 0.3) is 0 Å². The molecule has 0 amide bonds. The fraction of sp³-hybridized carbons (Fsp3) is 1.00. The Labute approximate surface area is 194 Å². The second-order valence-electron chi connectivity index (χ2n) is 6.79. The fourth-order valence-corrected chi connectivity index (χ4v) is 2.08. The van der Waals surface area contributed by atoms with Crippen molar-refractivity contribution in [3.05, 3.63) is 0 Å². The highest BCUT2D eigenvalue weighted by Crippen LogP contribution is 2.67. The minimum absolute atomic E-state index is 1.10. The molecule has 0 spiro atoms. The van der Waals surface area contributed by atoms with Gasteiger partial charge >= 0.3 is 70.7 Å². The van der Waals surface area contributed by atoms with Gasteiger partial charge in [0.1, 0.15) is 0 Å². The lowest BCUT2D eigenvalue weighted by Gasteiger charge is -2.45. The standard InChI is InChI=1S/C12HF25S/c13-1(14,3(17,18)5(21,22)7(25,26)9(29,30)11(32,33)34)2(15,16)4(19,20)6(23,24)8(27,28)10(31,38)12(35,36)37/h38H. The molecule has 0 nitrogen and oxygen atoms in total. The number of hydrogen-bond donors (Lipinski definition) is 1. The highest BCUT2D eigenvalue weighted by molar-refractivity contribution is 7.81. The maximum absolute atomic E-state index is 13.4. The van der Waals surface area contributed by atoms with Crippen LogP contribution in [0.3, 0.4) is 0 Å². The van der Waals surface area contributed by atoms with Crippen LogP contribution in [0, 0.1) is 0 Å². The Kier molecular flexibility index (Phi) is 8.24. The van der Waals surface area contributed by atoms with Crippen molar-refractivity contribution in [2.45, 2.75) is 70.7 Å². The van der Waals surface area contributed by atoms with Crippen LogP contribution < -0.4 is 0 Å². The highest BCUT2D eigenvalue weighted by Gasteiger charge is 2.99. The second-order valence-corrected chi connectivity index (χ2v) is 7.40. The van der Waals surface area contributed by atoms with Gasteiger partial charge in [-0.2, -0.15) is 105 Å². The van der Waals surface area contributed by atoms with E-state index in [4.69, 9.17) is 0 Å². The van der Waals surface area contributed by atoms with Gasteiger partial charge in [-0.25, -0.2) is 4.39 Å². The molecule has 0 saturated carbocycles. The Hall–Kier alpha value is -1.40. The Morgan fingerprint density at radius 2 is 0.368 bits per heavy atom. The van der Waals surface area contributed by atoms with Gasteiger partial charge in [0.15, 0.2) is 0 Å². The van der Waals surface area contributed by atoms with Crippen LogP contribution in [-0.4, -0.2) is 70.7 Å². The van der Waals surface area contributed by atoms with E-state index in [1.54, 1.807) is 0 Å². The first-order valence-electron chi connectivity index (χ1n) is 7.70. The Morgan fingerprint density at radius 1 is 0.211 bits per heavy atom. The molecule has 1 atom stereocenters. The second kappa shape index (κ2) is 8.55. The van der Waals surface area contributed by atoms with Gasteiger partial charge in [0.05, 0.1) is 0 Å². The first-order chi connectivity index (χ1) is 15.8. The van der Waals surface area contributed by atoms with Gasteiger partial charge in [0.25, 0.3) is 0 Å². The molecule has 0 aliphatic carbocycles. The summed E-state index contributed by atoms with van der Waals surface area (Å²) in [7, 11) is 0. The molecular formula is C12HF25S. The van der Waals surface area contributed by atoms with Crippen LogP contribution in [0.5, 0.6) is 0 Å². The third kappa shape index (κ3) is 4.10. The third-order valence-electron chi connectivity index (χ3n) is 4.30. The van der Waals surface area contributed by atoms with E-state index in [9.17, 15) is 110 Å². The fourth-order valence-electron chi connectivity index (χ4n) is 1.94. The maximum atomic E-state index is 13.4. The molecule has 1 unspecified atom stereocenters. The summed E-state index contributed by atoms with van der Waals surface area (Å²) in [6.07, 6.45) is -15.8. The molecular weight excluding hydrogens is 651 g/mol. The SMILES string of the molecule is FC(F)(F)C(F)(F)C(F)(F)C(F)(F)C(F)(F)C(F)(F)C(F)(F)C(F)(F)C(F)(F)C(F)(F)C(F)(S)C(F)(F)F. The van der Waals surface area contributed by atoms with Gasteiger partial charge in [-0.05, 0) is 0 Å². The van der Waals surface area contributed by atoms with Crippen molar-refractivity contribution in [2.24, 2.45) is 0 Å². The lowest BCUT2D eigenvalue weighted by Crippen LogP contribution is -2.78. The summed E-state index contributed by atoms with van der Waals surface area (Å²) >= 11 is 1.10. The van der Waals surface area contributed by atoms with E-state index in [0.29, 0.717) is 0 Å². The molecule has 0 aromatic rings. The molecule has 0 rings (SSSR count). The molecule has 0 bridgehead atoms. The Bertz CT molecular complexity index is 798. The summed E-state index contributed by atoms with van der Waals surface area (Å²) in [5, 5.41) is -7.48. The summed E-state index contributed by atoms with van der Waals surface area (Å²) in [5.41, 5.74) is 0. The molecule has 0 aliphatic rings. The number of rotatable bonds is 9. The molecule has 0 radical (unpaired) electrons. The average molecular weight is 652 g/mol. The van der Waals surface area contributed by atoms with Crippen molar-refractivity contribution >= 4 is 12.6 Å². The minimum atomic E-state index is -9.55. The molecule has 0 N–H and O–H groups in total. The summed E-state index contributed by atoms with van der Waals surface area (Å²) in [6.45, 7) is 0. The monoisotopic (exact) mass is 652 g/mol. The molecule has 0 aromatic heterocycles. The zero-order chi connectivity index (χ0) is 32.0. The molecule has 230 valence electrons. The Morgan fingerprint density at radius 3 is 0.526 bits per heavy atom. The highest BCUT2D eigenvalue weighted by atomic mass is 32.1. The smallest absolute Gasteiger partial charge is 0.215 e. The lowest BCUT2D eigenvalue weighted by atomic mass is 9.85. The lowest BCUT2D eigenvalue weighted by molar-refractivity contribution is -0.477. The molecule has 0 aromatic carbocycles. The van der Waals surface area contributed by atoms with Crippen LogP contribution in [0.15, 0.2) is 0 Å². The van der Waals surface area contributed by atoms with Gasteiger partial charge in [-0.15, -0.1) is 12.6 Å². The molecule has 0 heterocycles. The zero-order valence-corrected chi connectivity index (χ0v) is 16.8. The third-order valence-corrected chi connectivity index (χ3v) is 4.84. The predicted molar refractivity (Wildman–Crippen MR) is 69.5 cm³/mol. The number of halogens is 25. The maximum Gasteiger partial charge on any atom is 0.460 e. The van der Waals surface area contributed by atoms with Crippen LogP contribution in [0.4, 0.5) is 110 Å². The van der Waals surface area contributed by atoms with Crippen LogP contribution >= 0.6 is 12.6 Å². The van der Waals surface area contributed by atoms with Crippen LogP contribution in [0.1, 0.15) is 0 Å². The van der Waals surface area contributed by atoms with Crippen molar-refractivity contribution in [2.75, 3.05) is 0 Å². The van der Waals surface area contributed by atoms with Gasteiger partial charge in [-0.1, -0.05) is 0 Å². The predicted octanol–water partition coefficient (Wildman–Crippen LogP) is 8.42. The van der Waals surface area contributed by atoms with Gasteiger partial charge < -0.3 is 0 Å². The van der Waals surface area contributed by atoms with E-state index < -0.39 is 70.7 Å². The van der Waals surface area contributed by atoms with E-state index in [1.165, 1.54) is 0 Å². The molecule has 0 aliphatic heterocycles. The average Bonchev–Trinajstić information content (AvgIpc) is 2.64. The number of alkyl halides is 25. The summed E-state index contributed by atoms with van der Waals surface area (Å²) in [4.78, 5) is 0. The molecule has 0 saturated heterocycles. The summed E-state index contributed by atoms with van der Waals surface area (Å²) < 4.78 is 323. The van der Waals surface area contributed by atoms with Gasteiger partial charge in [0.2, 0.25) is 0 Å². The zero-order valence-electron chi connectivity index (χ0n) is 15.9. The van der Waals surface area contributed by atoms with E-state index in [1.807, 2.05) is 0 Å². The first kappa shape index (κ1) is 36.6. The van der Waals surface area contributed by atoms with Crippen LogP contribution in [-0.2, 0) is 0 Å². The topological polar surface area (TPSA) is 0 Å². The van der Waals surface area contributed by atoms with E-state index in [2.05, 4.69) is 0 Å². The number of thiol groups is 1. The van der Waals surface area contributed by atoms with Gasteiger partial charge in [0, 0.05) is 0 Å². The summed E-state index contributed by atoms with van der Waals surface area (Å²) in [5.74, 6) is -82.6. The normalized spacial score (nSPS) is 18.5. The quantitative estimate of drug-likeness (QED) is 0.188. The van der Waals surface area contributed by atoms with Crippen molar-refractivity contribution < 1.29 is 110 Å². The first-order valence-corrected chi connectivity index (χ1v) is 8.15. The molecule has 26 heteroatoms. The van der Waals surface area contributed by atoms with Crippen molar-refractivity contribution in [1.82, 2.24) is 0 Å². The van der Waals surface area contributed by atoms with Crippen molar-refractivity contribution in [3.8, 4) is 0 Å². The van der Waals surface area contributed by atoms with E-state index in [-0.39, 0.29) is 0 Å². The molecule has 0 fully saturated rings. The van der Waals surface area contributed by atoms with E-state index >= 15 is 0 Å². The van der Waals surface area contributed by atoms with Gasteiger partial charge in [-0.3, -0.25) is 0 Å². The largest absolute Gasteiger partial charge is 0.460 e. The summed E-state index contributed by atoms with van der Waals surface area (Å²) in [6, 6.07) is 0. The van der Waals surface area contributed by atoms with E-state index in [0.717, 1.165) is 12.6 Å².